The van der Waals surface area contributed by atoms with Crippen LogP contribution in [-0.2, 0) is 4.79 Å². The molecule has 1 aromatic heterocycles. The number of carboxylic acids is 1. The molecule has 0 saturated heterocycles. The highest BCUT2D eigenvalue weighted by Gasteiger charge is 2.32. The predicted molar refractivity (Wildman–Crippen MR) is 62.1 cm³/mol. The van der Waals surface area contributed by atoms with Crippen molar-refractivity contribution in [2.75, 3.05) is 11.9 Å². The number of hydrogen-bond acceptors (Lipinski definition) is 3. The van der Waals surface area contributed by atoms with E-state index in [-0.39, 0.29) is 0 Å². The van der Waals surface area contributed by atoms with Crippen LogP contribution in [0.15, 0.2) is 22.8 Å². The van der Waals surface area contributed by atoms with Gasteiger partial charge in [-0.3, -0.25) is 0 Å². The average Bonchev–Trinajstić information content (AvgIpc) is 2.17. The molecule has 0 bridgehead atoms. The predicted octanol–water partition coefficient (Wildman–Crippen LogP) is 2.14. The lowest BCUT2D eigenvalue weighted by atomic mass is 10.0. The van der Waals surface area contributed by atoms with E-state index in [1.807, 2.05) is 6.07 Å². The lowest BCUT2D eigenvalue weighted by Crippen LogP contribution is -2.48. The van der Waals surface area contributed by atoms with Gasteiger partial charge in [-0.1, -0.05) is 0 Å². The molecule has 1 heterocycles. The number of pyridine rings is 1. The lowest BCUT2D eigenvalue weighted by Gasteiger charge is -2.32. The van der Waals surface area contributed by atoms with Crippen LogP contribution in [0.3, 0.4) is 0 Å². The maximum absolute atomic E-state index is 11.0. The third kappa shape index (κ3) is 2.47. The number of rotatable bonds is 3. The monoisotopic (exact) mass is 272 g/mol. The van der Waals surface area contributed by atoms with Gasteiger partial charge in [0.05, 0.1) is 0 Å². The number of carbonyl (C=O) groups is 1. The third-order valence-corrected chi connectivity index (χ3v) is 2.89. The summed E-state index contributed by atoms with van der Waals surface area (Å²) in [6, 6.07) is 3.60. The Kier molecular flexibility index (Phi) is 3.34. The molecule has 1 N–H and O–H groups in total. The second kappa shape index (κ2) is 4.18. The van der Waals surface area contributed by atoms with Crippen LogP contribution in [0.2, 0.25) is 0 Å². The fourth-order valence-electron chi connectivity index (χ4n) is 0.996. The topological polar surface area (TPSA) is 53.4 Å². The molecular weight excluding hydrogens is 260 g/mol. The molecule has 4 nitrogen and oxygen atoms in total. The summed E-state index contributed by atoms with van der Waals surface area (Å²) in [5.74, 6) is -0.250. The molecular formula is C10H13BrN2O2. The molecule has 0 aliphatic heterocycles. The summed E-state index contributed by atoms with van der Waals surface area (Å²) in [5, 5.41) is 9.05. The van der Waals surface area contributed by atoms with Crippen molar-refractivity contribution in [1.82, 2.24) is 4.98 Å². The van der Waals surface area contributed by atoms with E-state index in [0.717, 1.165) is 4.47 Å². The van der Waals surface area contributed by atoms with Crippen LogP contribution in [-0.4, -0.2) is 28.6 Å². The van der Waals surface area contributed by atoms with Gasteiger partial charge in [0.25, 0.3) is 0 Å². The summed E-state index contributed by atoms with van der Waals surface area (Å²) in [4.78, 5) is 16.8. The van der Waals surface area contributed by atoms with Gasteiger partial charge >= 0.3 is 5.97 Å². The molecule has 0 amide bonds. The zero-order valence-corrected chi connectivity index (χ0v) is 10.4. The van der Waals surface area contributed by atoms with E-state index in [4.69, 9.17) is 5.11 Å². The van der Waals surface area contributed by atoms with Crippen molar-refractivity contribution in [2.24, 2.45) is 0 Å². The molecule has 0 aliphatic carbocycles. The van der Waals surface area contributed by atoms with E-state index in [9.17, 15) is 4.79 Å². The van der Waals surface area contributed by atoms with Crippen molar-refractivity contribution >= 4 is 27.7 Å². The number of anilines is 1. The van der Waals surface area contributed by atoms with Crippen LogP contribution in [0.25, 0.3) is 0 Å². The maximum Gasteiger partial charge on any atom is 0.328 e. The second-order valence-corrected chi connectivity index (χ2v) is 4.67. The zero-order chi connectivity index (χ0) is 11.6. The number of likely N-dealkylation sites (N-methyl/N-ethyl adjacent to an activating group) is 1. The van der Waals surface area contributed by atoms with Gasteiger partial charge in [-0.25, -0.2) is 9.78 Å². The van der Waals surface area contributed by atoms with Crippen LogP contribution >= 0.6 is 15.9 Å². The van der Waals surface area contributed by atoms with Gasteiger partial charge in [0.2, 0.25) is 0 Å². The van der Waals surface area contributed by atoms with Gasteiger partial charge in [-0.2, -0.15) is 0 Å². The minimum absolute atomic E-state index is 0.630. The molecule has 82 valence electrons. The molecule has 1 aromatic rings. The molecule has 15 heavy (non-hydrogen) atoms. The van der Waals surface area contributed by atoms with E-state index in [0.29, 0.717) is 5.82 Å². The minimum atomic E-state index is -0.971. The van der Waals surface area contributed by atoms with Crippen LogP contribution in [0, 0.1) is 0 Å². The van der Waals surface area contributed by atoms with Crippen LogP contribution in [0.4, 0.5) is 5.82 Å². The van der Waals surface area contributed by atoms with E-state index in [1.165, 1.54) is 0 Å². The van der Waals surface area contributed by atoms with Crippen molar-refractivity contribution in [2.45, 2.75) is 19.4 Å². The van der Waals surface area contributed by atoms with E-state index >= 15 is 0 Å². The normalized spacial score (nSPS) is 11.2. The second-order valence-electron chi connectivity index (χ2n) is 3.76. The fourth-order valence-corrected chi connectivity index (χ4v) is 1.23. The van der Waals surface area contributed by atoms with E-state index in [2.05, 4.69) is 20.9 Å². The molecule has 0 aliphatic rings. The Hall–Kier alpha value is -1.10. The Morgan fingerprint density at radius 3 is 2.53 bits per heavy atom. The zero-order valence-electron chi connectivity index (χ0n) is 8.86. The van der Waals surface area contributed by atoms with Gasteiger partial charge in [-0.05, 0) is 41.9 Å². The Morgan fingerprint density at radius 1 is 1.53 bits per heavy atom. The number of hydrogen-bond donors (Lipinski definition) is 1. The molecule has 0 fully saturated rings. The highest BCUT2D eigenvalue weighted by atomic mass is 79.9. The molecule has 0 aromatic carbocycles. The number of nitrogens with zero attached hydrogens (tertiary/aromatic N) is 2. The van der Waals surface area contributed by atoms with Crippen LogP contribution < -0.4 is 4.90 Å². The SMILES string of the molecule is CN(c1ccc(Br)cn1)C(C)(C)C(=O)O. The van der Waals surface area contributed by atoms with Gasteiger partial charge in [-0.15, -0.1) is 0 Å². The summed E-state index contributed by atoms with van der Waals surface area (Å²) in [7, 11) is 1.71. The lowest BCUT2D eigenvalue weighted by molar-refractivity contribution is -0.142. The quantitative estimate of drug-likeness (QED) is 0.916. The van der Waals surface area contributed by atoms with E-state index in [1.54, 1.807) is 38.1 Å². The Labute approximate surface area is 97.1 Å². The summed E-state index contributed by atoms with van der Waals surface area (Å²) in [6.45, 7) is 3.28. The van der Waals surface area contributed by atoms with Gasteiger partial charge in [0.15, 0.2) is 0 Å². The summed E-state index contributed by atoms with van der Waals surface area (Å²) in [5.41, 5.74) is -0.971. The molecule has 5 heteroatoms. The van der Waals surface area contributed by atoms with Crippen LogP contribution in [0.1, 0.15) is 13.8 Å². The van der Waals surface area contributed by atoms with Crippen molar-refractivity contribution in [3.63, 3.8) is 0 Å². The number of halogens is 1. The standard InChI is InChI=1S/C10H13BrN2O2/c1-10(2,9(14)15)13(3)8-5-4-7(11)6-12-8/h4-6H,1-3H3,(H,14,15). The highest BCUT2D eigenvalue weighted by molar-refractivity contribution is 9.10. The van der Waals surface area contributed by atoms with Crippen molar-refractivity contribution in [1.29, 1.82) is 0 Å². The van der Waals surface area contributed by atoms with Gasteiger partial charge < -0.3 is 10.0 Å². The third-order valence-electron chi connectivity index (χ3n) is 2.42. The Bertz CT molecular complexity index is 362. The number of aliphatic carboxylic acids is 1. The molecule has 0 radical (unpaired) electrons. The number of carboxylic acid groups (broad SMARTS) is 1. The molecule has 0 saturated carbocycles. The first kappa shape index (κ1) is 12.0. The first-order valence-corrected chi connectivity index (χ1v) is 5.24. The summed E-state index contributed by atoms with van der Waals surface area (Å²) >= 11 is 3.28. The molecule has 1 rings (SSSR count). The summed E-state index contributed by atoms with van der Waals surface area (Å²) in [6.07, 6.45) is 1.64. The Morgan fingerprint density at radius 2 is 2.13 bits per heavy atom. The average molecular weight is 273 g/mol. The van der Waals surface area contributed by atoms with Crippen molar-refractivity contribution in [3.05, 3.63) is 22.8 Å². The van der Waals surface area contributed by atoms with E-state index < -0.39 is 11.5 Å². The largest absolute Gasteiger partial charge is 0.480 e. The number of aromatic nitrogens is 1. The fraction of sp³-hybridized carbons (Fsp3) is 0.400. The molecule has 0 atom stereocenters. The maximum atomic E-state index is 11.0. The van der Waals surface area contributed by atoms with Crippen molar-refractivity contribution < 1.29 is 9.90 Å². The molecule has 0 spiro atoms. The minimum Gasteiger partial charge on any atom is -0.480 e. The van der Waals surface area contributed by atoms with Gasteiger partial charge in [0, 0.05) is 17.7 Å². The first-order chi connectivity index (χ1) is 6.85. The highest BCUT2D eigenvalue weighted by Crippen LogP contribution is 2.21. The smallest absolute Gasteiger partial charge is 0.328 e. The molecule has 0 unspecified atom stereocenters. The van der Waals surface area contributed by atoms with Crippen molar-refractivity contribution in [3.8, 4) is 0 Å². The van der Waals surface area contributed by atoms with Gasteiger partial charge in [0.1, 0.15) is 11.4 Å². The first-order valence-electron chi connectivity index (χ1n) is 4.44. The van der Waals surface area contributed by atoms with Crippen LogP contribution in [0.5, 0.6) is 0 Å². The Balaban J connectivity index is 2.99. The summed E-state index contributed by atoms with van der Waals surface area (Å²) < 4.78 is 0.868.